The van der Waals surface area contributed by atoms with Crippen LogP contribution in [0.4, 0.5) is 0 Å². The molecule has 0 fully saturated rings. The van der Waals surface area contributed by atoms with Crippen LogP contribution in [0.25, 0.3) is 0 Å². The number of benzene rings is 2. The van der Waals surface area contributed by atoms with Crippen molar-refractivity contribution in [2.24, 2.45) is 4.99 Å². The Morgan fingerprint density at radius 2 is 1.61 bits per heavy atom. The van der Waals surface area contributed by atoms with Gasteiger partial charge in [0.25, 0.3) is 17.9 Å². The van der Waals surface area contributed by atoms with Crippen molar-refractivity contribution in [3.63, 3.8) is 0 Å². The van der Waals surface area contributed by atoms with E-state index in [2.05, 4.69) is 10.3 Å². The number of para-hydroxylation sites is 2. The van der Waals surface area contributed by atoms with Crippen LogP contribution in [0.1, 0.15) is 5.56 Å². The molecule has 0 aromatic heterocycles. The summed E-state index contributed by atoms with van der Waals surface area (Å²) in [4.78, 5) is 28.3. The smallest absolute Gasteiger partial charge is 0.298 e. The van der Waals surface area contributed by atoms with Gasteiger partial charge in [-0.2, -0.15) is 4.99 Å². The predicted octanol–water partition coefficient (Wildman–Crippen LogP) is 1.55. The van der Waals surface area contributed by atoms with E-state index in [0.29, 0.717) is 17.1 Å². The van der Waals surface area contributed by atoms with Gasteiger partial charge in [0.2, 0.25) is 0 Å². The molecule has 1 aliphatic heterocycles. The minimum atomic E-state index is -1.33. The molecule has 2 amide bonds. The standard InChI is InChI=1S/C17H14N2O4/c1-22-12-9-5-6-10-13(12)23-14-16(20)18-15(19-17(14)21)11-7-3-2-4-8-11/h2-10,14H,1H3,(H,18,19,20,21). The third-order valence-corrected chi connectivity index (χ3v) is 3.29. The van der Waals surface area contributed by atoms with E-state index < -0.39 is 17.9 Å². The molecule has 3 rings (SSSR count). The summed E-state index contributed by atoms with van der Waals surface area (Å²) in [6, 6.07) is 15.7. The molecule has 2 aromatic rings. The monoisotopic (exact) mass is 310 g/mol. The van der Waals surface area contributed by atoms with Crippen molar-refractivity contribution in [2.45, 2.75) is 6.10 Å². The first kappa shape index (κ1) is 14.8. The molecule has 0 saturated carbocycles. The van der Waals surface area contributed by atoms with Crippen LogP contribution < -0.4 is 14.8 Å². The van der Waals surface area contributed by atoms with Crippen molar-refractivity contribution in [2.75, 3.05) is 7.11 Å². The maximum Gasteiger partial charge on any atom is 0.298 e. The number of nitrogens with zero attached hydrogens (tertiary/aromatic N) is 1. The Hall–Kier alpha value is -3.15. The molecule has 1 N–H and O–H groups in total. The summed E-state index contributed by atoms with van der Waals surface area (Å²) in [5, 5.41) is 2.60. The molecule has 0 radical (unpaired) electrons. The fourth-order valence-electron chi connectivity index (χ4n) is 2.17. The van der Waals surface area contributed by atoms with E-state index in [1.54, 1.807) is 48.5 Å². The lowest BCUT2D eigenvalue weighted by Gasteiger charge is -2.22. The fraction of sp³-hybridized carbons (Fsp3) is 0.118. The van der Waals surface area contributed by atoms with Crippen LogP contribution in [0.2, 0.25) is 0 Å². The van der Waals surface area contributed by atoms with Gasteiger partial charge in [0, 0.05) is 5.56 Å². The molecule has 6 nitrogen and oxygen atoms in total. The number of amidine groups is 1. The number of hydrogen-bond acceptors (Lipinski definition) is 4. The summed E-state index contributed by atoms with van der Waals surface area (Å²) in [5.74, 6) is -0.249. The third kappa shape index (κ3) is 3.06. The fourth-order valence-corrected chi connectivity index (χ4v) is 2.17. The van der Waals surface area contributed by atoms with Gasteiger partial charge in [0.1, 0.15) is 5.84 Å². The quantitative estimate of drug-likeness (QED) is 0.869. The molecule has 0 aliphatic carbocycles. The van der Waals surface area contributed by atoms with Crippen LogP contribution in [0.15, 0.2) is 59.6 Å². The Labute approximate surface area is 132 Å². The lowest BCUT2D eigenvalue weighted by atomic mass is 10.1. The highest BCUT2D eigenvalue weighted by atomic mass is 16.5. The lowest BCUT2D eigenvalue weighted by Crippen LogP contribution is -2.50. The van der Waals surface area contributed by atoms with Crippen molar-refractivity contribution >= 4 is 17.6 Å². The first-order valence-corrected chi connectivity index (χ1v) is 6.97. The summed E-state index contributed by atoms with van der Waals surface area (Å²) in [6.07, 6.45) is -1.33. The van der Waals surface area contributed by atoms with E-state index in [0.717, 1.165) is 0 Å². The minimum Gasteiger partial charge on any atom is -0.493 e. The Morgan fingerprint density at radius 1 is 0.957 bits per heavy atom. The van der Waals surface area contributed by atoms with Crippen LogP contribution in [0.3, 0.4) is 0 Å². The van der Waals surface area contributed by atoms with E-state index in [1.807, 2.05) is 6.07 Å². The summed E-state index contributed by atoms with van der Waals surface area (Å²) in [6.45, 7) is 0. The first-order valence-electron chi connectivity index (χ1n) is 6.97. The van der Waals surface area contributed by atoms with E-state index in [4.69, 9.17) is 9.47 Å². The number of methoxy groups -OCH3 is 1. The van der Waals surface area contributed by atoms with E-state index in [-0.39, 0.29) is 5.84 Å². The van der Waals surface area contributed by atoms with Gasteiger partial charge in [-0.3, -0.25) is 9.59 Å². The SMILES string of the molecule is COc1ccccc1OC1C(=O)N=C(c2ccccc2)NC1=O. The molecule has 1 aliphatic rings. The topological polar surface area (TPSA) is 77.0 Å². The normalized spacial score (nSPS) is 17.3. The molecule has 116 valence electrons. The maximum absolute atomic E-state index is 12.2. The second kappa shape index (κ2) is 6.31. The van der Waals surface area contributed by atoms with Gasteiger partial charge < -0.3 is 14.8 Å². The Morgan fingerprint density at radius 3 is 2.26 bits per heavy atom. The number of amides is 2. The molecule has 1 heterocycles. The summed E-state index contributed by atoms with van der Waals surface area (Å²) in [7, 11) is 1.48. The van der Waals surface area contributed by atoms with E-state index in [9.17, 15) is 9.59 Å². The van der Waals surface area contributed by atoms with Gasteiger partial charge in [-0.25, -0.2) is 0 Å². The Kier molecular flexibility index (Phi) is 4.05. The van der Waals surface area contributed by atoms with Crippen molar-refractivity contribution < 1.29 is 19.1 Å². The van der Waals surface area contributed by atoms with Gasteiger partial charge in [-0.15, -0.1) is 0 Å². The van der Waals surface area contributed by atoms with E-state index >= 15 is 0 Å². The van der Waals surface area contributed by atoms with Crippen LogP contribution in [0.5, 0.6) is 11.5 Å². The van der Waals surface area contributed by atoms with Gasteiger partial charge in [-0.05, 0) is 12.1 Å². The van der Waals surface area contributed by atoms with Gasteiger partial charge in [0.05, 0.1) is 7.11 Å². The van der Waals surface area contributed by atoms with Crippen molar-refractivity contribution in [3.8, 4) is 11.5 Å². The van der Waals surface area contributed by atoms with Gasteiger partial charge in [-0.1, -0.05) is 42.5 Å². The average Bonchev–Trinajstić information content (AvgIpc) is 2.59. The number of carbonyl (C=O) groups excluding carboxylic acids is 2. The number of aliphatic imine (C=N–C) groups is 1. The van der Waals surface area contributed by atoms with Crippen molar-refractivity contribution in [1.82, 2.24) is 5.32 Å². The first-order chi connectivity index (χ1) is 11.2. The number of rotatable bonds is 4. The number of ether oxygens (including phenoxy) is 2. The third-order valence-electron chi connectivity index (χ3n) is 3.29. The van der Waals surface area contributed by atoms with Crippen LogP contribution in [-0.4, -0.2) is 30.9 Å². The lowest BCUT2D eigenvalue weighted by molar-refractivity contribution is -0.137. The Bertz CT molecular complexity index is 771. The molecule has 0 bridgehead atoms. The largest absolute Gasteiger partial charge is 0.493 e. The summed E-state index contributed by atoms with van der Waals surface area (Å²) in [5.41, 5.74) is 0.657. The van der Waals surface area contributed by atoms with Crippen molar-refractivity contribution in [1.29, 1.82) is 0 Å². The zero-order valence-corrected chi connectivity index (χ0v) is 12.4. The zero-order chi connectivity index (χ0) is 16.2. The second-order valence-corrected chi connectivity index (χ2v) is 4.80. The molecule has 6 heteroatoms. The molecule has 1 unspecified atom stereocenters. The number of carbonyl (C=O) groups is 2. The average molecular weight is 310 g/mol. The molecule has 0 saturated heterocycles. The molecule has 2 aromatic carbocycles. The molecule has 1 atom stereocenters. The highest BCUT2D eigenvalue weighted by Gasteiger charge is 2.34. The Balaban J connectivity index is 1.84. The van der Waals surface area contributed by atoms with E-state index in [1.165, 1.54) is 7.11 Å². The van der Waals surface area contributed by atoms with Crippen LogP contribution >= 0.6 is 0 Å². The van der Waals surface area contributed by atoms with Gasteiger partial charge in [0.15, 0.2) is 11.5 Å². The zero-order valence-electron chi connectivity index (χ0n) is 12.4. The maximum atomic E-state index is 12.2. The highest BCUT2D eigenvalue weighted by molar-refractivity contribution is 6.22. The second-order valence-electron chi connectivity index (χ2n) is 4.80. The van der Waals surface area contributed by atoms with Crippen molar-refractivity contribution in [3.05, 3.63) is 60.2 Å². The molecular weight excluding hydrogens is 296 g/mol. The molecular formula is C17H14N2O4. The van der Waals surface area contributed by atoms with Gasteiger partial charge >= 0.3 is 0 Å². The van der Waals surface area contributed by atoms with Crippen LogP contribution in [0, 0.1) is 0 Å². The number of nitrogens with one attached hydrogen (secondary N) is 1. The highest BCUT2D eigenvalue weighted by Crippen LogP contribution is 2.27. The summed E-state index contributed by atoms with van der Waals surface area (Å²) >= 11 is 0. The summed E-state index contributed by atoms with van der Waals surface area (Å²) < 4.78 is 10.6. The molecule has 23 heavy (non-hydrogen) atoms. The molecule has 0 spiro atoms. The van der Waals surface area contributed by atoms with Crippen LogP contribution in [-0.2, 0) is 9.59 Å². The number of hydrogen-bond donors (Lipinski definition) is 1. The predicted molar refractivity (Wildman–Crippen MR) is 83.5 cm³/mol. The minimum absolute atomic E-state index is 0.223.